The molecule has 5 nitrogen and oxygen atoms in total. The smallest absolute Gasteiger partial charge is 0.342 e. The highest BCUT2D eigenvalue weighted by atomic mass is 32.2. The first-order chi connectivity index (χ1) is 8.91. The molecule has 0 saturated heterocycles. The lowest BCUT2D eigenvalue weighted by Crippen LogP contribution is -2.28. The molecule has 98 valence electrons. The average Bonchev–Trinajstić information content (AvgIpc) is 2.31. The summed E-state index contributed by atoms with van der Waals surface area (Å²) in [6.07, 6.45) is 0. The molecule has 1 atom stereocenters. The maximum atomic E-state index is 13.5. The first kappa shape index (κ1) is 12.0. The van der Waals surface area contributed by atoms with Gasteiger partial charge in [-0.05, 0) is 19.1 Å². The molecule has 0 aliphatic carbocycles. The Hall–Kier alpha value is -2.02. The van der Waals surface area contributed by atoms with Crippen LogP contribution in [-0.4, -0.2) is 15.6 Å². The lowest BCUT2D eigenvalue weighted by atomic mass is 10.1. The first-order valence-corrected chi connectivity index (χ1v) is 6.37. The van der Waals surface area contributed by atoms with Crippen molar-refractivity contribution in [3.63, 3.8) is 0 Å². The number of pyridine rings is 1. The number of fused-ring (bicyclic) bond motifs is 3. The number of nitrogen functional groups attached to an aromatic ring is 1. The van der Waals surface area contributed by atoms with Gasteiger partial charge in [-0.25, -0.2) is 9.18 Å². The molecule has 0 bridgehead atoms. The molecule has 2 aromatic rings. The zero-order valence-electron chi connectivity index (χ0n) is 9.81. The number of aromatic nitrogens is 1. The van der Waals surface area contributed by atoms with Crippen LogP contribution in [0.2, 0.25) is 0 Å². The summed E-state index contributed by atoms with van der Waals surface area (Å²) in [6.45, 7) is 1.87. The van der Waals surface area contributed by atoms with E-state index in [-0.39, 0.29) is 22.0 Å². The molecule has 1 unspecified atom stereocenters. The molecule has 0 radical (unpaired) electrons. The van der Waals surface area contributed by atoms with Crippen molar-refractivity contribution in [2.24, 2.45) is 0 Å². The number of thioether (sulfide) groups is 1. The van der Waals surface area contributed by atoms with E-state index >= 15 is 0 Å². The number of carboxylic acid groups (broad SMARTS) is 1. The standard InChI is InChI=1S/C12H9FN2O3S/c1-4-15-8-3-7(14)6(13)2-5(8)10(16)9(12(17)18)11(15)19-4/h2-4H,14H2,1H3,(H,17,18). The molecule has 0 amide bonds. The maximum Gasteiger partial charge on any atom is 0.342 e. The van der Waals surface area contributed by atoms with Crippen molar-refractivity contribution in [3.05, 3.63) is 33.7 Å². The van der Waals surface area contributed by atoms with Gasteiger partial charge in [-0.2, -0.15) is 0 Å². The predicted octanol–water partition coefficient (Wildman–Crippen LogP) is 2.05. The Kier molecular flexibility index (Phi) is 2.37. The van der Waals surface area contributed by atoms with Crippen LogP contribution < -0.4 is 11.2 Å². The van der Waals surface area contributed by atoms with Crippen LogP contribution in [0, 0.1) is 5.82 Å². The van der Waals surface area contributed by atoms with E-state index in [4.69, 9.17) is 10.8 Å². The fourth-order valence-electron chi connectivity index (χ4n) is 2.25. The van der Waals surface area contributed by atoms with Crippen LogP contribution in [-0.2, 0) is 0 Å². The van der Waals surface area contributed by atoms with Gasteiger partial charge in [0.25, 0.3) is 0 Å². The Labute approximate surface area is 110 Å². The van der Waals surface area contributed by atoms with Gasteiger partial charge in [0, 0.05) is 5.39 Å². The SMILES string of the molecule is CC1Sc2c(C(=O)O)c(=O)c3cc(F)c(N)cc3n21. The van der Waals surface area contributed by atoms with Crippen molar-refractivity contribution in [3.8, 4) is 0 Å². The first-order valence-electron chi connectivity index (χ1n) is 5.49. The highest BCUT2D eigenvalue weighted by Crippen LogP contribution is 2.46. The van der Waals surface area contributed by atoms with Gasteiger partial charge in [-0.1, -0.05) is 11.8 Å². The van der Waals surface area contributed by atoms with Crippen LogP contribution in [0.3, 0.4) is 0 Å². The molecule has 1 aliphatic heterocycles. The van der Waals surface area contributed by atoms with E-state index in [1.165, 1.54) is 17.8 Å². The number of anilines is 1. The quantitative estimate of drug-likeness (QED) is 0.781. The van der Waals surface area contributed by atoms with E-state index < -0.39 is 17.2 Å². The Bertz CT molecular complexity index is 800. The second-order valence-electron chi connectivity index (χ2n) is 4.29. The van der Waals surface area contributed by atoms with Gasteiger partial charge in [-0.3, -0.25) is 4.79 Å². The number of nitrogens with zero attached hydrogens (tertiary/aromatic N) is 1. The minimum atomic E-state index is -1.30. The van der Waals surface area contributed by atoms with E-state index in [2.05, 4.69) is 0 Å². The van der Waals surface area contributed by atoms with Crippen molar-refractivity contribution in [2.45, 2.75) is 17.3 Å². The highest BCUT2D eigenvalue weighted by molar-refractivity contribution is 8.00. The van der Waals surface area contributed by atoms with E-state index in [9.17, 15) is 14.0 Å². The molecular weight excluding hydrogens is 271 g/mol. The van der Waals surface area contributed by atoms with Crippen LogP contribution >= 0.6 is 11.8 Å². The summed E-state index contributed by atoms with van der Waals surface area (Å²) in [7, 11) is 0. The monoisotopic (exact) mass is 280 g/mol. The van der Waals surface area contributed by atoms with Gasteiger partial charge in [0.2, 0.25) is 5.43 Å². The lowest BCUT2D eigenvalue weighted by molar-refractivity contribution is 0.0689. The molecule has 1 aromatic carbocycles. The molecule has 0 fully saturated rings. The van der Waals surface area contributed by atoms with Crippen LogP contribution in [0.1, 0.15) is 22.7 Å². The number of carbonyl (C=O) groups is 1. The maximum absolute atomic E-state index is 13.5. The third kappa shape index (κ3) is 1.48. The number of hydrogen-bond donors (Lipinski definition) is 2. The van der Waals surface area contributed by atoms with Crippen molar-refractivity contribution >= 4 is 34.3 Å². The van der Waals surface area contributed by atoms with Gasteiger partial charge in [0.05, 0.1) is 21.6 Å². The molecule has 7 heteroatoms. The number of nitrogens with two attached hydrogens (primary N) is 1. The highest BCUT2D eigenvalue weighted by Gasteiger charge is 2.32. The van der Waals surface area contributed by atoms with Gasteiger partial charge < -0.3 is 15.4 Å². The molecule has 0 spiro atoms. The summed E-state index contributed by atoms with van der Waals surface area (Å²) in [6, 6.07) is 2.37. The minimum Gasteiger partial charge on any atom is -0.477 e. The topological polar surface area (TPSA) is 85.3 Å². The van der Waals surface area contributed by atoms with Gasteiger partial charge >= 0.3 is 5.97 Å². The molecule has 1 aromatic heterocycles. The number of benzene rings is 1. The Morgan fingerprint density at radius 2 is 2.21 bits per heavy atom. The van der Waals surface area contributed by atoms with E-state index in [0.717, 1.165) is 6.07 Å². The number of aromatic carboxylic acids is 1. The van der Waals surface area contributed by atoms with Crippen molar-refractivity contribution in [1.82, 2.24) is 4.57 Å². The molecule has 2 heterocycles. The zero-order valence-corrected chi connectivity index (χ0v) is 10.6. The minimum absolute atomic E-state index is 0.0129. The third-order valence-corrected chi connectivity index (χ3v) is 4.31. The molecule has 1 aliphatic rings. The largest absolute Gasteiger partial charge is 0.477 e. The Morgan fingerprint density at radius 1 is 1.53 bits per heavy atom. The normalized spacial score (nSPS) is 17.1. The molecule has 0 saturated carbocycles. The number of rotatable bonds is 1. The molecular formula is C12H9FN2O3S. The second-order valence-corrected chi connectivity index (χ2v) is 5.60. The zero-order chi connectivity index (χ0) is 13.9. The fourth-order valence-corrected chi connectivity index (χ4v) is 3.41. The summed E-state index contributed by atoms with van der Waals surface area (Å²) in [5, 5.41) is 9.55. The number of hydrogen-bond acceptors (Lipinski definition) is 4. The third-order valence-electron chi connectivity index (χ3n) is 3.14. The van der Waals surface area contributed by atoms with E-state index in [1.54, 1.807) is 4.57 Å². The number of halogens is 1. The lowest BCUT2D eigenvalue weighted by Gasteiger charge is -2.32. The van der Waals surface area contributed by atoms with Crippen LogP contribution in [0.15, 0.2) is 22.0 Å². The summed E-state index contributed by atoms with van der Waals surface area (Å²) in [4.78, 5) is 23.3. The van der Waals surface area contributed by atoms with Crippen LogP contribution in [0.25, 0.3) is 10.9 Å². The van der Waals surface area contributed by atoms with E-state index in [0.29, 0.717) is 10.5 Å². The predicted molar refractivity (Wildman–Crippen MR) is 70.1 cm³/mol. The summed E-state index contributed by atoms with van der Waals surface area (Å²) in [5.74, 6) is -2.02. The van der Waals surface area contributed by atoms with Crippen molar-refractivity contribution < 1.29 is 14.3 Å². The van der Waals surface area contributed by atoms with Crippen LogP contribution in [0.5, 0.6) is 0 Å². The van der Waals surface area contributed by atoms with Gasteiger partial charge in [0.15, 0.2) is 0 Å². The van der Waals surface area contributed by atoms with Crippen molar-refractivity contribution in [2.75, 3.05) is 5.73 Å². The molecule has 3 N–H and O–H groups in total. The Morgan fingerprint density at radius 3 is 2.79 bits per heavy atom. The summed E-state index contributed by atoms with van der Waals surface area (Å²) in [5.41, 5.74) is 4.94. The van der Waals surface area contributed by atoms with Crippen molar-refractivity contribution in [1.29, 1.82) is 0 Å². The Balaban J connectivity index is 2.54. The van der Waals surface area contributed by atoms with Gasteiger partial charge in [0.1, 0.15) is 11.4 Å². The summed E-state index contributed by atoms with van der Waals surface area (Å²) >= 11 is 1.30. The molecule has 3 rings (SSSR count). The van der Waals surface area contributed by atoms with E-state index in [1.807, 2.05) is 6.92 Å². The van der Waals surface area contributed by atoms with Crippen LogP contribution in [0.4, 0.5) is 10.1 Å². The molecule has 19 heavy (non-hydrogen) atoms. The summed E-state index contributed by atoms with van der Waals surface area (Å²) < 4.78 is 15.2. The fraction of sp³-hybridized carbons (Fsp3) is 0.167. The average molecular weight is 280 g/mol. The van der Waals surface area contributed by atoms with Gasteiger partial charge in [-0.15, -0.1) is 0 Å². The number of carboxylic acids is 1. The second kappa shape index (κ2) is 3.74.